The van der Waals surface area contributed by atoms with Crippen molar-refractivity contribution in [3.63, 3.8) is 0 Å². The summed E-state index contributed by atoms with van der Waals surface area (Å²) >= 11 is 0. The Morgan fingerprint density at radius 3 is 3.00 bits per heavy atom. The van der Waals surface area contributed by atoms with Gasteiger partial charge in [-0.1, -0.05) is 0 Å². The van der Waals surface area contributed by atoms with Crippen LogP contribution in [0.2, 0.25) is 0 Å². The second kappa shape index (κ2) is 8.96. The molecule has 2 fully saturated rings. The van der Waals surface area contributed by atoms with Gasteiger partial charge in [-0.25, -0.2) is 0 Å². The lowest BCUT2D eigenvalue weighted by molar-refractivity contribution is -0.138. The smallest absolute Gasteiger partial charge is 0.251 e. The summed E-state index contributed by atoms with van der Waals surface area (Å²) < 4.78 is 11.7. The first-order valence-electron chi connectivity index (χ1n) is 10.3. The Kier molecular flexibility index (Phi) is 6.13. The van der Waals surface area contributed by atoms with Gasteiger partial charge in [-0.15, -0.1) is 0 Å². The summed E-state index contributed by atoms with van der Waals surface area (Å²) in [6.45, 7) is 5.95. The van der Waals surface area contributed by atoms with Crippen LogP contribution in [0, 0.1) is 11.3 Å². The normalized spacial score (nSPS) is 25.1. The minimum atomic E-state index is -0.572. The number of hydrogen-bond donors (Lipinski definition) is 1. The molecule has 158 valence electrons. The number of benzene rings is 1. The summed E-state index contributed by atoms with van der Waals surface area (Å²) in [5, 5.41) is 13.3. The van der Waals surface area contributed by atoms with Gasteiger partial charge < -0.3 is 24.6 Å². The van der Waals surface area contributed by atoms with E-state index < -0.39 is 6.10 Å². The van der Waals surface area contributed by atoms with Gasteiger partial charge in [0.15, 0.2) is 6.10 Å². The van der Waals surface area contributed by atoms with Crippen molar-refractivity contribution in [2.45, 2.75) is 25.2 Å². The number of nitrogens with one attached hydrogen (secondary N) is 1. The van der Waals surface area contributed by atoms with E-state index in [2.05, 4.69) is 33.2 Å². The molecular formula is C22H27N5O3. The Labute approximate surface area is 176 Å². The lowest BCUT2D eigenvalue weighted by Gasteiger charge is -2.38. The number of rotatable bonds is 4. The van der Waals surface area contributed by atoms with Gasteiger partial charge in [-0.2, -0.15) is 5.26 Å². The third-order valence-corrected chi connectivity index (χ3v) is 5.61. The highest BCUT2D eigenvalue weighted by Crippen LogP contribution is 2.30. The van der Waals surface area contributed by atoms with Crippen LogP contribution in [0.25, 0.3) is 10.9 Å². The lowest BCUT2D eigenvalue weighted by atomic mass is 10.1. The minimum Gasteiger partial charge on any atom is -0.374 e. The molecule has 30 heavy (non-hydrogen) atoms. The molecule has 3 atom stereocenters. The van der Waals surface area contributed by atoms with E-state index in [4.69, 9.17) is 9.47 Å². The van der Waals surface area contributed by atoms with Crippen molar-refractivity contribution in [2.75, 3.05) is 51.3 Å². The van der Waals surface area contributed by atoms with Crippen molar-refractivity contribution in [2.24, 2.45) is 0 Å². The molecule has 0 bridgehead atoms. The van der Waals surface area contributed by atoms with Crippen LogP contribution in [0.3, 0.4) is 0 Å². The summed E-state index contributed by atoms with van der Waals surface area (Å²) in [7, 11) is 2.05. The van der Waals surface area contributed by atoms with Gasteiger partial charge in [0.1, 0.15) is 6.07 Å². The van der Waals surface area contributed by atoms with Crippen molar-refractivity contribution in [3.8, 4) is 6.07 Å². The predicted octanol–water partition coefficient (Wildman–Crippen LogP) is 1.15. The number of carbonyl (C=O) groups is 1. The van der Waals surface area contributed by atoms with E-state index in [-0.39, 0.29) is 18.1 Å². The quantitative estimate of drug-likeness (QED) is 0.810. The number of anilines is 1. The van der Waals surface area contributed by atoms with Crippen LogP contribution < -0.4 is 10.2 Å². The van der Waals surface area contributed by atoms with Crippen molar-refractivity contribution in [1.29, 1.82) is 5.26 Å². The van der Waals surface area contributed by atoms with Crippen molar-refractivity contribution >= 4 is 22.5 Å². The first kappa shape index (κ1) is 20.5. The van der Waals surface area contributed by atoms with E-state index in [1.807, 2.05) is 25.1 Å². The van der Waals surface area contributed by atoms with Crippen LogP contribution in [0.15, 0.2) is 30.5 Å². The lowest BCUT2D eigenvalue weighted by Crippen LogP contribution is -2.54. The molecule has 0 spiro atoms. The average molecular weight is 409 g/mol. The van der Waals surface area contributed by atoms with Gasteiger partial charge in [0.05, 0.1) is 36.4 Å². The average Bonchev–Trinajstić information content (AvgIpc) is 2.76. The number of likely N-dealkylation sites (N-methyl/N-ethyl adjacent to an activating group) is 1. The van der Waals surface area contributed by atoms with Crippen LogP contribution in [0.1, 0.15) is 12.5 Å². The molecule has 2 aliphatic rings. The maximum absolute atomic E-state index is 12.8. The molecule has 1 aromatic carbocycles. The summed E-state index contributed by atoms with van der Waals surface area (Å²) in [6, 6.07) is 9.75. The number of morpholine rings is 2. The molecule has 0 unspecified atom stereocenters. The molecular weight excluding hydrogens is 382 g/mol. The number of aromatic nitrogens is 1. The third kappa shape index (κ3) is 4.38. The second-order valence-corrected chi connectivity index (χ2v) is 7.98. The van der Waals surface area contributed by atoms with Crippen LogP contribution in [-0.4, -0.2) is 80.5 Å². The van der Waals surface area contributed by atoms with E-state index in [0.717, 1.165) is 24.2 Å². The molecule has 0 radical (unpaired) electrons. The number of ether oxygens (including phenoxy) is 2. The van der Waals surface area contributed by atoms with Gasteiger partial charge in [-0.3, -0.25) is 9.78 Å². The molecule has 2 aromatic rings. The molecule has 2 aliphatic heterocycles. The van der Waals surface area contributed by atoms with Crippen LogP contribution in [-0.2, 0) is 14.3 Å². The number of fused-ring (bicyclic) bond motifs is 1. The Hall–Kier alpha value is -2.73. The summed E-state index contributed by atoms with van der Waals surface area (Å²) in [4.78, 5) is 21.6. The highest BCUT2D eigenvalue weighted by atomic mass is 16.5. The molecule has 1 amide bonds. The molecule has 4 rings (SSSR count). The van der Waals surface area contributed by atoms with Crippen molar-refractivity contribution < 1.29 is 14.3 Å². The molecule has 8 nitrogen and oxygen atoms in total. The fraction of sp³-hybridized carbons (Fsp3) is 0.500. The summed E-state index contributed by atoms with van der Waals surface area (Å²) in [5.41, 5.74) is 2.18. The van der Waals surface area contributed by atoms with E-state index in [0.29, 0.717) is 37.3 Å². The fourth-order valence-corrected chi connectivity index (χ4v) is 4.14. The Morgan fingerprint density at radius 1 is 1.33 bits per heavy atom. The standard InChI is InChI=1S/C22H27N5O3/c1-15-12-27(19-6-5-16(10-23)21-18(19)4-3-7-24-21)14-20(30-15)22(28)25-11-17-13-26(2)8-9-29-17/h3-7,15,17,20H,8-9,11-14H2,1-2H3,(H,25,28)/t15-,17+,20-/m1/s1. The monoisotopic (exact) mass is 409 g/mol. The number of hydrogen-bond acceptors (Lipinski definition) is 7. The zero-order valence-corrected chi connectivity index (χ0v) is 17.4. The topological polar surface area (TPSA) is 90.7 Å². The third-order valence-electron chi connectivity index (χ3n) is 5.61. The number of pyridine rings is 1. The van der Waals surface area contributed by atoms with E-state index in [1.165, 1.54) is 0 Å². The zero-order valence-electron chi connectivity index (χ0n) is 17.4. The zero-order chi connectivity index (χ0) is 21.1. The van der Waals surface area contributed by atoms with Gasteiger partial charge in [0, 0.05) is 43.4 Å². The van der Waals surface area contributed by atoms with Crippen LogP contribution in [0.4, 0.5) is 5.69 Å². The highest BCUT2D eigenvalue weighted by molar-refractivity contribution is 5.95. The first-order chi connectivity index (χ1) is 14.5. The molecule has 0 saturated carbocycles. The predicted molar refractivity (Wildman–Crippen MR) is 113 cm³/mol. The first-order valence-corrected chi connectivity index (χ1v) is 10.3. The number of nitriles is 1. The number of nitrogens with zero attached hydrogens (tertiary/aromatic N) is 4. The number of amides is 1. The Bertz CT molecular complexity index is 959. The SMILES string of the molecule is C[C@@H]1CN(c2ccc(C#N)c3ncccc23)C[C@H](C(=O)NC[C@H]2CN(C)CCO2)O1. The van der Waals surface area contributed by atoms with E-state index in [9.17, 15) is 10.1 Å². The van der Waals surface area contributed by atoms with Crippen molar-refractivity contribution in [3.05, 3.63) is 36.0 Å². The Balaban J connectivity index is 1.48. The molecule has 0 aliphatic carbocycles. The molecule has 8 heteroatoms. The number of carbonyl (C=O) groups excluding carboxylic acids is 1. The van der Waals surface area contributed by atoms with Gasteiger partial charge >= 0.3 is 0 Å². The van der Waals surface area contributed by atoms with Gasteiger partial charge in [0.2, 0.25) is 0 Å². The Morgan fingerprint density at radius 2 is 2.20 bits per heavy atom. The van der Waals surface area contributed by atoms with E-state index in [1.54, 1.807) is 12.3 Å². The molecule has 2 saturated heterocycles. The molecule has 1 aromatic heterocycles. The maximum atomic E-state index is 12.8. The minimum absolute atomic E-state index is 0.00152. The second-order valence-electron chi connectivity index (χ2n) is 7.98. The summed E-state index contributed by atoms with van der Waals surface area (Å²) in [6.07, 6.45) is 1.01. The van der Waals surface area contributed by atoms with Crippen molar-refractivity contribution in [1.82, 2.24) is 15.2 Å². The van der Waals surface area contributed by atoms with Gasteiger partial charge in [0.25, 0.3) is 5.91 Å². The summed E-state index contributed by atoms with van der Waals surface area (Å²) in [5.74, 6) is -0.126. The van der Waals surface area contributed by atoms with E-state index >= 15 is 0 Å². The molecule has 3 heterocycles. The van der Waals surface area contributed by atoms with Crippen LogP contribution in [0.5, 0.6) is 0 Å². The van der Waals surface area contributed by atoms with Gasteiger partial charge in [-0.05, 0) is 38.2 Å². The van der Waals surface area contributed by atoms with Crippen LogP contribution >= 0.6 is 0 Å². The maximum Gasteiger partial charge on any atom is 0.251 e. The highest BCUT2D eigenvalue weighted by Gasteiger charge is 2.32. The largest absolute Gasteiger partial charge is 0.374 e. The molecule has 1 N–H and O–H groups in total. The fourth-order valence-electron chi connectivity index (χ4n) is 4.14.